The number of carbonyl (C=O) groups is 2. The molecule has 1 aromatic rings. The summed E-state index contributed by atoms with van der Waals surface area (Å²) in [6.45, 7) is 1.14. The number of nitrogens with zero attached hydrogens (tertiary/aromatic N) is 2. The highest BCUT2D eigenvalue weighted by atomic mass is 16.4. The highest BCUT2D eigenvalue weighted by Gasteiger charge is 2.37. The Balaban J connectivity index is 1.87. The average Bonchev–Trinajstić information content (AvgIpc) is 2.95. The molecular weight excluding hydrogens is 256 g/mol. The Morgan fingerprint density at radius 2 is 1.95 bits per heavy atom. The molecule has 5 heteroatoms. The lowest BCUT2D eigenvalue weighted by atomic mass is 10.0. The quantitative estimate of drug-likeness (QED) is 0.853. The van der Waals surface area contributed by atoms with E-state index in [2.05, 4.69) is 0 Å². The number of benzene rings is 1. The molecule has 2 amide bonds. The highest BCUT2D eigenvalue weighted by Crippen LogP contribution is 2.29. The maximum atomic E-state index is 12.7. The molecule has 0 radical (unpaired) electrons. The molecule has 2 aliphatic heterocycles. The van der Waals surface area contributed by atoms with E-state index in [1.54, 1.807) is 4.90 Å². The van der Waals surface area contributed by atoms with E-state index in [-0.39, 0.29) is 5.91 Å². The third-order valence-electron chi connectivity index (χ3n) is 4.16. The predicted molar refractivity (Wildman–Crippen MR) is 74.9 cm³/mol. The van der Waals surface area contributed by atoms with Gasteiger partial charge in [-0.1, -0.05) is 18.2 Å². The van der Waals surface area contributed by atoms with Crippen LogP contribution in [0.3, 0.4) is 0 Å². The second-order valence-corrected chi connectivity index (χ2v) is 5.36. The van der Waals surface area contributed by atoms with Gasteiger partial charge in [0, 0.05) is 18.8 Å². The third kappa shape index (κ3) is 2.13. The second kappa shape index (κ2) is 5.15. The van der Waals surface area contributed by atoms with Gasteiger partial charge in [-0.05, 0) is 37.3 Å². The maximum Gasteiger partial charge on any atom is 0.407 e. The lowest BCUT2D eigenvalue weighted by molar-refractivity contribution is -0.122. The van der Waals surface area contributed by atoms with E-state index in [9.17, 15) is 14.7 Å². The Morgan fingerprint density at radius 1 is 1.15 bits per heavy atom. The summed E-state index contributed by atoms with van der Waals surface area (Å²) in [5.41, 5.74) is 2.12. The van der Waals surface area contributed by atoms with Gasteiger partial charge in [0.05, 0.1) is 0 Å². The largest absolute Gasteiger partial charge is 0.465 e. The van der Waals surface area contributed by atoms with Gasteiger partial charge >= 0.3 is 6.09 Å². The van der Waals surface area contributed by atoms with E-state index in [1.165, 1.54) is 10.5 Å². The molecule has 0 bridgehead atoms. The first-order valence-corrected chi connectivity index (χ1v) is 7.07. The third-order valence-corrected chi connectivity index (χ3v) is 4.16. The minimum atomic E-state index is -0.994. The molecule has 3 rings (SSSR count). The molecule has 1 saturated heterocycles. The number of hydrogen-bond donors (Lipinski definition) is 1. The van der Waals surface area contributed by atoms with Crippen LogP contribution < -0.4 is 4.90 Å². The molecule has 2 heterocycles. The summed E-state index contributed by atoms with van der Waals surface area (Å²) in [6.07, 6.45) is 2.31. The van der Waals surface area contributed by atoms with Gasteiger partial charge < -0.3 is 10.0 Å². The molecule has 20 heavy (non-hydrogen) atoms. The van der Waals surface area contributed by atoms with Gasteiger partial charge in [-0.15, -0.1) is 0 Å². The summed E-state index contributed by atoms with van der Waals surface area (Å²) in [6, 6.07) is 7.38. The molecule has 1 atom stereocenters. The Bertz CT molecular complexity index is 544. The topological polar surface area (TPSA) is 60.9 Å². The molecule has 106 valence electrons. The van der Waals surface area contributed by atoms with Crippen molar-refractivity contribution in [1.82, 2.24) is 4.90 Å². The number of anilines is 1. The molecule has 1 aromatic carbocycles. The zero-order valence-electron chi connectivity index (χ0n) is 11.3. The number of amides is 2. The summed E-state index contributed by atoms with van der Waals surface area (Å²) in [7, 11) is 0. The van der Waals surface area contributed by atoms with Crippen molar-refractivity contribution in [2.45, 2.75) is 31.7 Å². The zero-order chi connectivity index (χ0) is 14.1. The number of aryl methyl sites for hydroxylation is 1. The SMILES string of the molecule is O=C([C@@H]1CCCN1C(=O)O)N1CCCc2ccccc21. The second-order valence-electron chi connectivity index (χ2n) is 5.36. The van der Waals surface area contributed by atoms with E-state index < -0.39 is 12.1 Å². The summed E-state index contributed by atoms with van der Waals surface area (Å²) < 4.78 is 0. The summed E-state index contributed by atoms with van der Waals surface area (Å²) >= 11 is 0. The molecule has 5 nitrogen and oxygen atoms in total. The Hall–Kier alpha value is -2.04. The summed E-state index contributed by atoms with van der Waals surface area (Å²) in [4.78, 5) is 26.9. The highest BCUT2D eigenvalue weighted by molar-refractivity contribution is 5.99. The molecule has 0 aliphatic carbocycles. The van der Waals surface area contributed by atoms with Crippen molar-refractivity contribution in [2.24, 2.45) is 0 Å². The first-order chi connectivity index (χ1) is 9.68. The number of fused-ring (bicyclic) bond motifs is 1. The first kappa shape index (κ1) is 13.0. The van der Waals surface area contributed by atoms with Crippen LogP contribution in [-0.4, -0.2) is 41.1 Å². The monoisotopic (exact) mass is 274 g/mol. The number of hydrogen-bond acceptors (Lipinski definition) is 2. The molecular formula is C15H18N2O3. The molecule has 0 spiro atoms. The normalized spacial score (nSPS) is 21.7. The van der Waals surface area contributed by atoms with Crippen molar-refractivity contribution in [3.63, 3.8) is 0 Å². The van der Waals surface area contributed by atoms with E-state index in [4.69, 9.17) is 0 Å². The lowest BCUT2D eigenvalue weighted by Gasteiger charge is -2.33. The number of carbonyl (C=O) groups excluding carboxylic acids is 1. The number of carboxylic acid groups (broad SMARTS) is 1. The zero-order valence-corrected chi connectivity index (χ0v) is 11.3. The van der Waals surface area contributed by atoms with Gasteiger partial charge in [-0.25, -0.2) is 4.79 Å². The Kier molecular flexibility index (Phi) is 3.34. The van der Waals surface area contributed by atoms with Gasteiger partial charge in [0.1, 0.15) is 6.04 Å². The number of likely N-dealkylation sites (tertiary alicyclic amines) is 1. The van der Waals surface area contributed by atoms with Gasteiger partial charge in [-0.2, -0.15) is 0 Å². The van der Waals surface area contributed by atoms with Crippen LogP contribution in [0.1, 0.15) is 24.8 Å². The maximum absolute atomic E-state index is 12.7. The van der Waals surface area contributed by atoms with Crippen LogP contribution >= 0.6 is 0 Å². The van der Waals surface area contributed by atoms with Crippen LogP contribution in [0.5, 0.6) is 0 Å². The Morgan fingerprint density at radius 3 is 2.75 bits per heavy atom. The van der Waals surface area contributed by atoms with Crippen molar-refractivity contribution in [2.75, 3.05) is 18.0 Å². The van der Waals surface area contributed by atoms with Crippen LogP contribution in [-0.2, 0) is 11.2 Å². The van der Waals surface area contributed by atoms with Crippen LogP contribution in [0.2, 0.25) is 0 Å². The summed E-state index contributed by atoms with van der Waals surface area (Å²) in [5, 5.41) is 9.18. The molecule has 1 N–H and O–H groups in total. The van der Waals surface area contributed by atoms with Crippen LogP contribution in [0.15, 0.2) is 24.3 Å². The van der Waals surface area contributed by atoms with Crippen molar-refractivity contribution < 1.29 is 14.7 Å². The van der Waals surface area contributed by atoms with Crippen molar-refractivity contribution in [3.05, 3.63) is 29.8 Å². The number of para-hydroxylation sites is 1. The van der Waals surface area contributed by atoms with E-state index >= 15 is 0 Å². The van der Waals surface area contributed by atoms with Crippen molar-refractivity contribution >= 4 is 17.7 Å². The standard InChI is InChI=1S/C15H18N2O3/c18-14(13-8-4-10-17(13)15(19)20)16-9-3-6-11-5-1-2-7-12(11)16/h1-2,5,7,13H,3-4,6,8-10H2,(H,19,20)/t13-/m0/s1. The molecule has 0 aromatic heterocycles. The van der Waals surface area contributed by atoms with E-state index in [0.717, 1.165) is 24.9 Å². The first-order valence-electron chi connectivity index (χ1n) is 7.07. The smallest absolute Gasteiger partial charge is 0.407 e. The minimum absolute atomic E-state index is 0.0722. The predicted octanol–water partition coefficient (Wildman–Crippen LogP) is 2.11. The lowest BCUT2D eigenvalue weighted by Crippen LogP contribution is -2.49. The molecule has 0 saturated carbocycles. The Labute approximate surface area is 117 Å². The fourth-order valence-electron chi connectivity index (χ4n) is 3.19. The minimum Gasteiger partial charge on any atom is -0.465 e. The van der Waals surface area contributed by atoms with Crippen LogP contribution in [0.4, 0.5) is 10.5 Å². The van der Waals surface area contributed by atoms with E-state index in [1.807, 2.05) is 24.3 Å². The molecule has 1 fully saturated rings. The number of rotatable bonds is 1. The van der Waals surface area contributed by atoms with Gasteiger partial charge in [0.25, 0.3) is 0 Å². The van der Waals surface area contributed by atoms with Crippen LogP contribution in [0.25, 0.3) is 0 Å². The summed E-state index contributed by atoms with van der Waals surface area (Å²) in [5.74, 6) is -0.0722. The van der Waals surface area contributed by atoms with Crippen molar-refractivity contribution in [1.29, 1.82) is 0 Å². The van der Waals surface area contributed by atoms with E-state index in [0.29, 0.717) is 19.5 Å². The van der Waals surface area contributed by atoms with Gasteiger partial charge in [-0.3, -0.25) is 9.69 Å². The van der Waals surface area contributed by atoms with Gasteiger partial charge in [0.2, 0.25) is 5.91 Å². The molecule has 0 unspecified atom stereocenters. The average molecular weight is 274 g/mol. The van der Waals surface area contributed by atoms with Gasteiger partial charge in [0.15, 0.2) is 0 Å². The fraction of sp³-hybridized carbons (Fsp3) is 0.467. The van der Waals surface area contributed by atoms with Crippen molar-refractivity contribution in [3.8, 4) is 0 Å². The fourth-order valence-corrected chi connectivity index (χ4v) is 3.19. The molecule has 2 aliphatic rings. The van der Waals surface area contributed by atoms with Crippen LogP contribution in [0, 0.1) is 0 Å².